The first-order valence-corrected chi connectivity index (χ1v) is 34.5. The molecule has 0 N–H and O–H groups in total. The number of para-hydroxylation sites is 4. The van der Waals surface area contributed by atoms with Gasteiger partial charge in [0.15, 0.2) is 8.07 Å². The van der Waals surface area contributed by atoms with Crippen LogP contribution in [-0.2, 0) is 0 Å². The Hall–Kier alpha value is -12.1. The Balaban J connectivity index is 0.854. The lowest BCUT2D eigenvalue weighted by Gasteiger charge is -2.36. The minimum absolute atomic E-state index is 1.12. The van der Waals surface area contributed by atoms with Gasteiger partial charge in [0.2, 0.25) is 0 Å². The minimum atomic E-state index is -3.32. The SMILES string of the molecule is c1ccc(-c2cc(-c3ccccc3)cc([Si](c3ccccc3)(c3ccccc3)c3cc(-c4ccccc4)c(-n4c5ccccc5c5cc(-c6cccc(-n7c8ccccc8c8cc(-n9c%10ccccc%10c%10ccccc%109)ccc87)c6)ccc54)c(-c4ccccc4)c3)c2)cc1. The molecule has 0 atom stereocenters. The zero-order valence-electron chi connectivity index (χ0n) is 51.6. The van der Waals surface area contributed by atoms with Gasteiger partial charge in [-0.3, -0.25) is 0 Å². The third-order valence-electron chi connectivity index (χ3n) is 19.5. The van der Waals surface area contributed by atoms with Crippen molar-refractivity contribution in [1.29, 1.82) is 0 Å². The summed E-state index contributed by atoms with van der Waals surface area (Å²) in [5.41, 5.74) is 22.1. The van der Waals surface area contributed by atoms with Crippen molar-refractivity contribution in [2.75, 3.05) is 0 Å². The third kappa shape index (κ3) is 8.94. The molecular formula is C90H61N3Si. The minimum Gasteiger partial charge on any atom is -0.309 e. The maximum atomic E-state index is 2.58. The molecule has 0 radical (unpaired) electrons. The van der Waals surface area contributed by atoms with Crippen molar-refractivity contribution in [1.82, 2.24) is 13.7 Å². The Morgan fingerprint density at radius 1 is 0.170 bits per heavy atom. The second kappa shape index (κ2) is 22.7. The predicted octanol–water partition coefficient (Wildman–Crippen LogP) is 20.7. The Kier molecular flexibility index (Phi) is 13.2. The molecule has 94 heavy (non-hydrogen) atoms. The highest BCUT2D eigenvalue weighted by atomic mass is 28.3. The van der Waals surface area contributed by atoms with E-state index in [1.165, 1.54) is 97.4 Å². The summed E-state index contributed by atoms with van der Waals surface area (Å²) in [7, 11) is -3.32. The van der Waals surface area contributed by atoms with E-state index in [4.69, 9.17) is 0 Å². The molecule has 440 valence electrons. The summed E-state index contributed by atoms with van der Waals surface area (Å²) in [5, 5.41) is 12.6. The summed E-state index contributed by atoms with van der Waals surface area (Å²) in [5.74, 6) is 0. The number of aromatic nitrogens is 3. The van der Waals surface area contributed by atoms with Crippen LogP contribution in [0.1, 0.15) is 0 Å². The molecule has 4 heteroatoms. The van der Waals surface area contributed by atoms with Crippen molar-refractivity contribution in [2.45, 2.75) is 0 Å². The molecule has 0 aliphatic rings. The average Bonchev–Trinajstić information content (AvgIpc) is 1.11. The van der Waals surface area contributed by atoms with E-state index in [1.54, 1.807) is 0 Å². The van der Waals surface area contributed by atoms with E-state index in [-0.39, 0.29) is 0 Å². The lowest BCUT2D eigenvalue weighted by molar-refractivity contribution is 1.17. The molecule has 0 spiro atoms. The quantitative estimate of drug-likeness (QED) is 0.0855. The molecule has 18 rings (SSSR count). The van der Waals surface area contributed by atoms with Gasteiger partial charge in [-0.05, 0) is 138 Å². The molecule has 0 saturated carbocycles. The van der Waals surface area contributed by atoms with Crippen molar-refractivity contribution in [3.05, 3.63) is 370 Å². The van der Waals surface area contributed by atoms with E-state index < -0.39 is 8.07 Å². The Labute approximate surface area is 547 Å². The smallest absolute Gasteiger partial charge is 0.179 e. The fraction of sp³-hybridized carbons (Fsp3) is 0. The van der Waals surface area contributed by atoms with Gasteiger partial charge in [-0.15, -0.1) is 0 Å². The molecule has 18 aromatic rings. The number of fused-ring (bicyclic) bond motifs is 9. The highest BCUT2D eigenvalue weighted by Crippen LogP contribution is 2.44. The lowest BCUT2D eigenvalue weighted by atomic mass is 9.95. The molecule has 0 aliphatic carbocycles. The molecule has 3 nitrogen and oxygen atoms in total. The standard InChI is InChI=1S/C90H61N3Si/c1-7-28-62(29-8-1)68-54-69(63-30-9-2-10-31-63)57-74(56-68)94(72-38-15-5-16-39-72,73-40-17-6-18-41-73)75-60-80(64-32-11-3-12-33-64)90(81(61-75)65-34-13-4-14-35-65)93-87-49-26-22-44-78(87)82-58-67(50-52-89(82)93)66-36-27-37-70(55-66)91-86-48-25-21-45-79(86)83-59-71(51-53-88(83)91)92-84-46-23-19-42-76(84)77-43-20-24-47-85(77)92/h1-61H. The molecular weight excluding hydrogens is 1150 g/mol. The monoisotopic (exact) mass is 1210 g/mol. The van der Waals surface area contributed by atoms with Crippen molar-refractivity contribution >= 4 is 94.2 Å². The zero-order chi connectivity index (χ0) is 62.1. The van der Waals surface area contributed by atoms with Crippen LogP contribution in [-0.4, -0.2) is 21.8 Å². The summed E-state index contributed by atoms with van der Waals surface area (Å²) in [4.78, 5) is 0. The van der Waals surface area contributed by atoms with Crippen LogP contribution in [0.15, 0.2) is 370 Å². The normalized spacial score (nSPS) is 11.8. The summed E-state index contributed by atoms with van der Waals surface area (Å²) in [6.07, 6.45) is 0. The molecule has 0 saturated heterocycles. The second-order valence-electron chi connectivity index (χ2n) is 24.7. The zero-order valence-corrected chi connectivity index (χ0v) is 52.6. The molecule has 0 unspecified atom stereocenters. The van der Waals surface area contributed by atoms with Crippen molar-refractivity contribution in [3.8, 4) is 72.7 Å². The largest absolute Gasteiger partial charge is 0.309 e. The second-order valence-corrected chi connectivity index (χ2v) is 28.5. The van der Waals surface area contributed by atoms with Gasteiger partial charge in [-0.2, -0.15) is 0 Å². The fourth-order valence-electron chi connectivity index (χ4n) is 15.4. The van der Waals surface area contributed by atoms with Crippen LogP contribution >= 0.6 is 0 Å². The van der Waals surface area contributed by atoms with E-state index in [0.29, 0.717) is 0 Å². The molecule has 0 aliphatic heterocycles. The molecule has 0 amide bonds. The summed E-state index contributed by atoms with van der Waals surface area (Å²) in [6.45, 7) is 0. The van der Waals surface area contributed by atoms with Gasteiger partial charge in [-0.25, -0.2) is 0 Å². The topological polar surface area (TPSA) is 14.8 Å². The first-order valence-electron chi connectivity index (χ1n) is 32.5. The summed E-state index contributed by atoms with van der Waals surface area (Å²) >= 11 is 0. The van der Waals surface area contributed by atoms with Gasteiger partial charge in [0.25, 0.3) is 0 Å². The lowest BCUT2D eigenvalue weighted by Crippen LogP contribution is -2.74. The van der Waals surface area contributed by atoms with Crippen molar-refractivity contribution < 1.29 is 0 Å². The highest BCUT2D eigenvalue weighted by Gasteiger charge is 2.43. The van der Waals surface area contributed by atoms with E-state index in [9.17, 15) is 0 Å². The molecule has 0 bridgehead atoms. The predicted molar refractivity (Wildman–Crippen MR) is 400 cm³/mol. The number of nitrogens with zero attached hydrogens (tertiary/aromatic N) is 3. The highest BCUT2D eigenvalue weighted by molar-refractivity contribution is 7.20. The van der Waals surface area contributed by atoms with Gasteiger partial charge in [-0.1, -0.05) is 297 Å². The molecule has 0 fully saturated rings. The number of rotatable bonds is 12. The van der Waals surface area contributed by atoms with Gasteiger partial charge >= 0.3 is 0 Å². The number of hydrogen-bond acceptors (Lipinski definition) is 0. The first-order chi connectivity index (χ1) is 46.6. The van der Waals surface area contributed by atoms with E-state index in [1.807, 2.05) is 0 Å². The van der Waals surface area contributed by atoms with Gasteiger partial charge < -0.3 is 13.7 Å². The van der Waals surface area contributed by atoms with E-state index in [0.717, 1.165) is 61.5 Å². The third-order valence-corrected chi connectivity index (χ3v) is 24.2. The van der Waals surface area contributed by atoms with Crippen molar-refractivity contribution in [2.24, 2.45) is 0 Å². The summed E-state index contributed by atoms with van der Waals surface area (Å²) in [6, 6.07) is 138. The maximum Gasteiger partial charge on any atom is 0.179 e. The molecule has 3 heterocycles. The maximum absolute atomic E-state index is 3.32. The van der Waals surface area contributed by atoms with Crippen LogP contribution in [0.25, 0.3) is 138 Å². The first kappa shape index (κ1) is 54.8. The fourth-order valence-corrected chi connectivity index (χ4v) is 20.2. The molecule has 15 aromatic carbocycles. The van der Waals surface area contributed by atoms with Gasteiger partial charge in [0.05, 0.1) is 38.8 Å². The van der Waals surface area contributed by atoms with Gasteiger partial charge in [0, 0.05) is 54.8 Å². The van der Waals surface area contributed by atoms with Crippen LogP contribution in [0.3, 0.4) is 0 Å². The van der Waals surface area contributed by atoms with E-state index in [2.05, 4.69) is 384 Å². The Bertz CT molecular complexity index is 5680. The number of benzene rings is 15. The van der Waals surface area contributed by atoms with Crippen LogP contribution in [0.2, 0.25) is 0 Å². The van der Waals surface area contributed by atoms with Crippen LogP contribution in [0.5, 0.6) is 0 Å². The van der Waals surface area contributed by atoms with Crippen LogP contribution in [0, 0.1) is 0 Å². The van der Waals surface area contributed by atoms with Crippen LogP contribution in [0.4, 0.5) is 0 Å². The van der Waals surface area contributed by atoms with Crippen LogP contribution < -0.4 is 20.7 Å². The Morgan fingerprint density at radius 2 is 0.511 bits per heavy atom. The number of hydrogen-bond donors (Lipinski definition) is 0. The van der Waals surface area contributed by atoms with E-state index >= 15 is 0 Å². The molecule has 3 aromatic heterocycles. The van der Waals surface area contributed by atoms with Crippen molar-refractivity contribution in [3.63, 3.8) is 0 Å². The average molecular weight is 1210 g/mol. The van der Waals surface area contributed by atoms with Gasteiger partial charge in [0.1, 0.15) is 0 Å². The summed E-state index contributed by atoms with van der Waals surface area (Å²) < 4.78 is 7.44. The Morgan fingerprint density at radius 3 is 1.00 bits per heavy atom.